The van der Waals surface area contributed by atoms with E-state index in [1.807, 2.05) is 30.4 Å². The largest absolute Gasteiger partial charge is 0.521 e. The van der Waals surface area contributed by atoms with Gasteiger partial charge >= 0.3 is 5.97 Å². The van der Waals surface area contributed by atoms with Crippen molar-refractivity contribution in [1.29, 1.82) is 0 Å². The van der Waals surface area contributed by atoms with Crippen molar-refractivity contribution < 1.29 is 19.4 Å². The number of nitrogens with one attached hydrogen (secondary N) is 1. The molecule has 0 radical (unpaired) electrons. The second-order valence-corrected chi connectivity index (χ2v) is 3.79. The van der Waals surface area contributed by atoms with Gasteiger partial charge in [0.15, 0.2) is 0 Å². The minimum absolute atomic E-state index is 0. The Bertz CT molecular complexity index is 401. The molecule has 0 heterocycles. The Morgan fingerprint density at radius 2 is 2.16 bits per heavy atom. The molecular formula is C12H15ClFmNO4-. The van der Waals surface area contributed by atoms with Crippen LogP contribution in [-0.2, 0) is 20.9 Å². The molecule has 0 aliphatic heterocycles. The van der Waals surface area contributed by atoms with E-state index in [2.05, 4.69) is 0 Å². The van der Waals surface area contributed by atoms with E-state index in [9.17, 15) is 9.59 Å². The number of benzene rings is 1. The Labute approximate surface area is 111 Å². The predicted molar refractivity (Wildman–Crippen MR) is 68.2 cm³/mol. The van der Waals surface area contributed by atoms with Crippen molar-refractivity contribution in [3.8, 4) is 0 Å². The van der Waals surface area contributed by atoms with Crippen molar-refractivity contribution in [2.24, 2.45) is 0 Å². The number of amides is 1. The molecule has 1 aromatic rings. The zero-order chi connectivity index (χ0) is 14.0. The number of carbonyl (C=O) groups excluding carboxylic acids is 1. The third-order valence-electron chi connectivity index (χ3n) is 1.92. The van der Waals surface area contributed by atoms with Crippen LogP contribution in [0.5, 0.6) is 0 Å². The fraction of sp³-hybridized carbons (Fsp3) is 0.333. The maximum absolute atomic E-state index is 9.52. The number of rotatable bonds is 5. The summed E-state index contributed by atoms with van der Waals surface area (Å²) in [7, 11) is 1.69. The summed E-state index contributed by atoms with van der Waals surface area (Å²) in [5, 5.41) is 10.4. The van der Waals surface area contributed by atoms with Crippen LogP contribution < -0.4 is 5.32 Å². The van der Waals surface area contributed by atoms with Gasteiger partial charge in [-0.1, -0.05) is 17.7 Å². The van der Waals surface area contributed by atoms with Crippen LogP contribution in [0.2, 0.25) is 5.02 Å². The quantitative estimate of drug-likeness (QED) is 0.448. The first-order valence-corrected chi connectivity index (χ1v) is 5.44. The van der Waals surface area contributed by atoms with Gasteiger partial charge in [0.2, 0.25) is 0 Å². The topological polar surface area (TPSA) is 75.6 Å². The van der Waals surface area contributed by atoms with Crippen LogP contribution >= 0.6 is 11.6 Å². The molecule has 1 aromatic carbocycles. The number of hydrogen-bond acceptors (Lipinski definition) is 3. The van der Waals surface area contributed by atoms with Crippen LogP contribution in [0.25, 0.3) is 0 Å². The summed E-state index contributed by atoms with van der Waals surface area (Å²) in [6, 6.07) is 5.81. The molecule has 7 heteroatoms. The average Bonchev–Trinajstić information content (AvgIpc) is 2.31. The van der Waals surface area contributed by atoms with Gasteiger partial charge in [0.1, 0.15) is 0 Å². The van der Waals surface area contributed by atoms with E-state index >= 15 is 0 Å². The molecule has 0 aliphatic carbocycles. The number of carboxylic acids is 1. The van der Waals surface area contributed by atoms with E-state index in [0.717, 1.165) is 5.02 Å². The van der Waals surface area contributed by atoms with Gasteiger partial charge in [-0.2, -0.15) is 6.41 Å². The van der Waals surface area contributed by atoms with Gasteiger partial charge in [0.05, 0.1) is 13.2 Å². The number of carboxylic acid groups (broad SMARTS) is 1. The fourth-order valence-electron chi connectivity index (χ4n) is 1.09. The van der Waals surface area contributed by atoms with Crippen LogP contribution in [0.1, 0.15) is 11.1 Å². The van der Waals surface area contributed by atoms with Gasteiger partial charge in [-0.15, -0.1) is 0 Å². The smallest absolute Gasteiger partial charge is 0.320 e. The van der Waals surface area contributed by atoms with Gasteiger partial charge in [-0.3, -0.25) is 4.79 Å². The molecule has 1 rings (SSSR count). The fourth-order valence-corrected chi connectivity index (χ4v) is 1.32. The molecule has 112 valence electrons. The van der Waals surface area contributed by atoms with Crippen molar-refractivity contribution in [1.82, 2.24) is 5.32 Å². The Hall–Kier alpha value is -2.59. The van der Waals surface area contributed by atoms with E-state index in [0.29, 0.717) is 6.61 Å². The van der Waals surface area contributed by atoms with Crippen LogP contribution in [0, 0.1) is 6.92 Å². The summed E-state index contributed by atoms with van der Waals surface area (Å²) in [4.78, 5) is 18.7. The summed E-state index contributed by atoms with van der Waals surface area (Å²) >= 11 is 5.78. The molecule has 19 heavy (non-hydrogen) atoms. The Kier molecular flexibility index (Phi) is 10.4. The summed E-state index contributed by atoms with van der Waals surface area (Å²) in [6.07, 6.45) is 1.22. The molecule has 2 N–H and O–H groups in total. The van der Waals surface area contributed by atoms with Crippen molar-refractivity contribution in [3.63, 3.8) is 0 Å². The first kappa shape index (κ1) is 18.8. The van der Waals surface area contributed by atoms with Gasteiger partial charge in [0, 0.05) is 12.1 Å². The molecule has 0 unspecified atom stereocenters. The number of aliphatic carboxylic acids is 1. The SMILES string of the molecule is COCc1ccc(Cl)cc1C.O=[C-]NCC(=O)O.[Fm]. The van der Waals surface area contributed by atoms with Gasteiger partial charge in [0.25, 0.3) is 0 Å². The van der Waals surface area contributed by atoms with Crippen molar-refractivity contribution in [2.75, 3.05) is 13.7 Å². The molecule has 0 saturated carbocycles. The molecule has 0 spiro atoms. The molecular weight excluding hydrogens is 515 g/mol. The summed E-state index contributed by atoms with van der Waals surface area (Å²) < 4.78 is 5.01. The first-order chi connectivity index (χ1) is 8.51. The molecule has 1 amide bonds. The number of halogens is 1. The molecule has 0 saturated heterocycles. The second-order valence-electron chi connectivity index (χ2n) is 3.35. The maximum atomic E-state index is 9.52. The Morgan fingerprint density at radius 3 is 2.53 bits per heavy atom. The Morgan fingerprint density at radius 1 is 1.53 bits per heavy atom. The zero-order valence-electron chi connectivity index (χ0n) is 10.5. The van der Waals surface area contributed by atoms with Crippen molar-refractivity contribution in [2.45, 2.75) is 13.5 Å². The van der Waals surface area contributed by atoms with Crippen molar-refractivity contribution >= 4 is 24.0 Å². The number of carbonyl (C=O) groups is 1. The van der Waals surface area contributed by atoms with Gasteiger partial charge < -0.3 is 20.0 Å². The molecule has 0 bridgehead atoms. The summed E-state index contributed by atoms with van der Waals surface area (Å²) in [5.41, 5.74) is 2.37. The third kappa shape index (κ3) is 9.14. The normalized spacial score (nSPS) is 8.58. The van der Waals surface area contributed by atoms with E-state index < -0.39 is 5.97 Å². The van der Waals surface area contributed by atoms with E-state index in [1.54, 1.807) is 7.11 Å². The first-order valence-electron chi connectivity index (χ1n) is 5.07. The minimum Gasteiger partial charge on any atom is -0.521 e. The average molecular weight is 530 g/mol. The number of methoxy groups -OCH3 is 1. The standard InChI is InChI=1S/C9H11ClO.C3H4NO3.Fm/c1-7-5-9(10)4-3-8(7)6-11-2;5-2-4-1-3(6)7;/h3-5H,6H2,1-2H3;1H2,(H,4,5)(H,6,7);/q;-1;. The molecule has 0 aliphatic rings. The Balaban J connectivity index is 0. The van der Waals surface area contributed by atoms with Crippen LogP contribution in [0.15, 0.2) is 18.2 Å². The van der Waals surface area contributed by atoms with E-state index in [1.165, 1.54) is 17.5 Å². The zero-order valence-corrected chi connectivity index (χ0v) is 13.6. The maximum Gasteiger partial charge on any atom is 0.320 e. The van der Waals surface area contributed by atoms with Crippen LogP contribution in [0.3, 0.4) is 0 Å². The molecule has 0 fully saturated rings. The van der Waals surface area contributed by atoms with Gasteiger partial charge in [-0.05, 0) is 30.2 Å². The van der Waals surface area contributed by atoms with Crippen LogP contribution in [0.4, 0.5) is 0 Å². The predicted octanol–water partition coefficient (Wildman–Crippen LogP) is 1.52. The van der Waals surface area contributed by atoms with E-state index in [-0.39, 0.29) is 6.54 Å². The van der Waals surface area contributed by atoms with Crippen LogP contribution in [-0.4, -0.2) is 31.1 Å². The summed E-state index contributed by atoms with van der Waals surface area (Å²) in [5.74, 6) is -1.07. The monoisotopic (exact) mass is 529 g/mol. The number of ether oxygens (including phenoxy) is 1. The van der Waals surface area contributed by atoms with Crippen molar-refractivity contribution in [3.05, 3.63) is 34.3 Å². The summed E-state index contributed by atoms with van der Waals surface area (Å²) in [6.45, 7) is 2.33. The third-order valence-corrected chi connectivity index (χ3v) is 2.15. The molecule has 0 aromatic heterocycles. The minimum atomic E-state index is -1.07. The van der Waals surface area contributed by atoms with Gasteiger partial charge in [-0.25, -0.2) is 0 Å². The second kappa shape index (κ2) is 10.6. The number of aryl methyl sites for hydroxylation is 1. The number of hydrogen-bond donors (Lipinski definition) is 2. The molecule has 0 atom stereocenters. The molecule has 5 nitrogen and oxygen atoms in total. The van der Waals surface area contributed by atoms with E-state index in [4.69, 9.17) is 21.4 Å².